The first-order valence-electron chi connectivity index (χ1n) is 4.64. The van der Waals surface area contributed by atoms with Crippen molar-refractivity contribution in [3.05, 3.63) is 36.4 Å². The van der Waals surface area contributed by atoms with Gasteiger partial charge in [0, 0.05) is 5.39 Å². The predicted octanol–water partition coefficient (Wildman–Crippen LogP) is 1.41. The van der Waals surface area contributed by atoms with Crippen LogP contribution in [0.2, 0.25) is 0 Å². The third kappa shape index (κ3) is 1.94. The normalized spacial score (nSPS) is 11.3. The van der Waals surface area contributed by atoms with E-state index < -0.39 is 20.8 Å². The van der Waals surface area contributed by atoms with Gasteiger partial charge in [-0.05, 0) is 11.5 Å². The lowest BCUT2D eigenvalue weighted by Gasteiger charge is -2.07. The third-order valence-electron chi connectivity index (χ3n) is 2.27. The van der Waals surface area contributed by atoms with Gasteiger partial charge >= 0.3 is 16.6 Å². The standard InChI is InChI=1S/C11H8O5S/c12-7-16-17(14,15)11-9-4-2-1-3-8(9)5-6-10(11)13/h1-7,13H. The topological polar surface area (TPSA) is 80.7 Å². The van der Waals surface area contributed by atoms with Crippen LogP contribution in [0.3, 0.4) is 0 Å². The zero-order valence-corrected chi connectivity index (χ0v) is 9.35. The molecule has 2 aromatic rings. The fourth-order valence-corrected chi connectivity index (χ4v) is 2.57. The zero-order chi connectivity index (χ0) is 12.5. The summed E-state index contributed by atoms with van der Waals surface area (Å²) in [4.78, 5) is 9.76. The Hall–Kier alpha value is -2.08. The number of carbonyl (C=O) groups excluding carboxylic acids is 1. The van der Waals surface area contributed by atoms with Crippen LogP contribution in [0.1, 0.15) is 0 Å². The number of phenols is 1. The van der Waals surface area contributed by atoms with Crippen molar-refractivity contribution < 1.29 is 22.5 Å². The molecular formula is C11H8O5S. The number of hydrogen-bond donors (Lipinski definition) is 1. The molecule has 0 saturated heterocycles. The highest BCUT2D eigenvalue weighted by Gasteiger charge is 2.23. The molecule has 0 unspecified atom stereocenters. The summed E-state index contributed by atoms with van der Waals surface area (Å²) >= 11 is 0. The summed E-state index contributed by atoms with van der Waals surface area (Å²) in [6.07, 6.45) is 0. The summed E-state index contributed by atoms with van der Waals surface area (Å²) in [5.74, 6) is -0.453. The Labute approximate surface area is 97.4 Å². The lowest BCUT2D eigenvalue weighted by molar-refractivity contribution is -0.120. The molecule has 6 heteroatoms. The number of rotatable bonds is 3. The quantitative estimate of drug-likeness (QED) is 0.659. The maximum absolute atomic E-state index is 11.7. The average Bonchev–Trinajstić information content (AvgIpc) is 2.28. The minimum absolute atomic E-state index is 0.184. The summed E-state index contributed by atoms with van der Waals surface area (Å²) in [6, 6.07) is 9.39. The van der Waals surface area contributed by atoms with E-state index in [1.165, 1.54) is 12.1 Å². The van der Waals surface area contributed by atoms with Crippen molar-refractivity contribution in [2.24, 2.45) is 0 Å². The summed E-state index contributed by atoms with van der Waals surface area (Å²) in [5, 5.41) is 10.5. The second-order valence-electron chi connectivity index (χ2n) is 3.28. The fourth-order valence-electron chi connectivity index (χ4n) is 1.59. The monoisotopic (exact) mass is 252 g/mol. The first-order chi connectivity index (χ1) is 8.06. The maximum Gasteiger partial charge on any atom is 0.345 e. The lowest BCUT2D eigenvalue weighted by Crippen LogP contribution is -2.06. The maximum atomic E-state index is 11.7. The highest BCUT2D eigenvalue weighted by Crippen LogP contribution is 2.32. The largest absolute Gasteiger partial charge is 0.506 e. The lowest BCUT2D eigenvalue weighted by atomic mass is 10.1. The molecule has 0 amide bonds. The van der Waals surface area contributed by atoms with E-state index in [2.05, 4.69) is 4.18 Å². The molecule has 88 valence electrons. The third-order valence-corrected chi connectivity index (χ3v) is 3.54. The molecule has 2 aromatic carbocycles. The van der Waals surface area contributed by atoms with Gasteiger partial charge in [0.05, 0.1) is 0 Å². The molecule has 0 aliphatic carbocycles. The van der Waals surface area contributed by atoms with Crippen molar-refractivity contribution in [2.45, 2.75) is 4.90 Å². The summed E-state index contributed by atoms with van der Waals surface area (Å²) in [7, 11) is -4.29. The van der Waals surface area contributed by atoms with Crippen LogP contribution in [-0.2, 0) is 19.1 Å². The van der Waals surface area contributed by atoms with Gasteiger partial charge < -0.3 is 9.29 Å². The van der Waals surface area contributed by atoms with Gasteiger partial charge in [-0.15, -0.1) is 0 Å². The number of aromatic hydroxyl groups is 1. The number of hydrogen-bond acceptors (Lipinski definition) is 5. The molecule has 0 heterocycles. The molecule has 0 saturated carbocycles. The Bertz CT molecular complexity index is 675. The van der Waals surface area contributed by atoms with Crippen LogP contribution in [0.25, 0.3) is 10.8 Å². The average molecular weight is 252 g/mol. The fraction of sp³-hybridized carbons (Fsp3) is 0. The molecule has 0 spiro atoms. The smallest absolute Gasteiger partial charge is 0.345 e. The number of fused-ring (bicyclic) bond motifs is 1. The Morgan fingerprint density at radius 1 is 1.12 bits per heavy atom. The van der Waals surface area contributed by atoms with Crippen molar-refractivity contribution in [3.63, 3.8) is 0 Å². The van der Waals surface area contributed by atoms with Gasteiger partial charge in [-0.25, -0.2) is 0 Å². The second-order valence-corrected chi connectivity index (χ2v) is 4.79. The van der Waals surface area contributed by atoms with E-state index in [-0.39, 0.29) is 6.47 Å². The molecule has 0 aromatic heterocycles. The van der Waals surface area contributed by atoms with E-state index in [0.717, 1.165) is 0 Å². The number of carbonyl (C=O) groups is 1. The second kappa shape index (κ2) is 4.06. The molecule has 0 aliphatic heterocycles. The highest BCUT2D eigenvalue weighted by atomic mass is 32.2. The van der Waals surface area contributed by atoms with E-state index >= 15 is 0 Å². The SMILES string of the molecule is O=COS(=O)(=O)c1c(O)ccc2ccccc12. The Balaban J connectivity index is 2.84. The summed E-state index contributed by atoms with van der Waals surface area (Å²) in [6.45, 7) is -0.184. The first kappa shape index (κ1) is 11.4. The Morgan fingerprint density at radius 3 is 2.53 bits per heavy atom. The van der Waals surface area contributed by atoms with Gasteiger partial charge in [-0.2, -0.15) is 8.42 Å². The molecule has 0 radical (unpaired) electrons. The van der Waals surface area contributed by atoms with E-state index in [1.54, 1.807) is 24.3 Å². The van der Waals surface area contributed by atoms with Crippen LogP contribution >= 0.6 is 0 Å². The van der Waals surface area contributed by atoms with Crippen LogP contribution in [0.5, 0.6) is 5.75 Å². The van der Waals surface area contributed by atoms with Crippen LogP contribution in [-0.4, -0.2) is 20.0 Å². The van der Waals surface area contributed by atoms with Crippen LogP contribution in [0.15, 0.2) is 41.3 Å². The number of benzene rings is 2. The van der Waals surface area contributed by atoms with Crippen molar-refractivity contribution in [3.8, 4) is 5.75 Å². The van der Waals surface area contributed by atoms with Gasteiger partial charge in [0.25, 0.3) is 0 Å². The molecule has 2 rings (SSSR count). The first-order valence-corrected chi connectivity index (χ1v) is 6.05. The molecular weight excluding hydrogens is 244 g/mol. The van der Waals surface area contributed by atoms with E-state index in [1.807, 2.05) is 0 Å². The predicted molar refractivity (Wildman–Crippen MR) is 59.9 cm³/mol. The Morgan fingerprint density at radius 2 is 1.82 bits per heavy atom. The minimum Gasteiger partial charge on any atom is -0.506 e. The molecule has 0 bridgehead atoms. The van der Waals surface area contributed by atoms with Crippen molar-refractivity contribution in [1.82, 2.24) is 0 Å². The van der Waals surface area contributed by atoms with Gasteiger partial charge in [0.2, 0.25) is 0 Å². The van der Waals surface area contributed by atoms with Crippen molar-refractivity contribution in [2.75, 3.05) is 0 Å². The van der Waals surface area contributed by atoms with E-state index in [0.29, 0.717) is 10.8 Å². The van der Waals surface area contributed by atoms with Gasteiger partial charge in [0.1, 0.15) is 5.75 Å². The highest BCUT2D eigenvalue weighted by molar-refractivity contribution is 7.87. The zero-order valence-electron chi connectivity index (χ0n) is 8.53. The van der Waals surface area contributed by atoms with Crippen LogP contribution in [0.4, 0.5) is 0 Å². The van der Waals surface area contributed by atoms with Gasteiger partial charge in [-0.3, -0.25) is 4.79 Å². The van der Waals surface area contributed by atoms with E-state index in [9.17, 15) is 18.3 Å². The molecule has 5 nitrogen and oxygen atoms in total. The van der Waals surface area contributed by atoms with Crippen LogP contribution in [0, 0.1) is 0 Å². The molecule has 0 atom stereocenters. The molecule has 1 N–H and O–H groups in total. The molecule has 17 heavy (non-hydrogen) atoms. The van der Waals surface area contributed by atoms with E-state index in [4.69, 9.17) is 0 Å². The minimum atomic E-state index is -4.29. The summed E-state index contributed by atoms with van der Waals surface area (Å²) < 4.78 is 27.3. The summed E-state index contributed by atoms with van der Waals surface area (Å²) in [5.41, 5.74) is 0. The molecule has 0 aliphatic rings. The van der Waals surface area contributed by atoms with Gasteiger partial charge in [0.15, 0.2) is 4.90 Å². The van der Waals surface area contributed by atoms with Crippen molar-refractivity contribution >= 4 is 27.4 Å². The van der Waals surface area contributed by atoms with Crippen molar-refractivity contribution in [1.29, 1.82) is 0 Å². The Kier molecular flexibility index (Phi) is 2.72. The molecule has 0 fully saturated rings. The van der Waals surface area contributed by atoms with Crippen LogP contribution < -0.4 is 0 Å². The number of phenolic OH excluding ortho intramolecular Hbond substituents is 1. The van der Waals surface area contributed by atoms with Gasteiger partial charge in [-0.1, -0.05) is 30.3 Å².